The summed E-state index contributed by atoms with van der Waals surface area (Å²) in [4.78, 5) is 2.48. The summed E-state index contributed by atoms with van der Waals surface area (Å²) in [7, 11) is 0. The van der Waals surface area contributed by atoms with Crippen LogP contribution in [-0.2, 0) is 0 Å². The van der Waals surface area contributed by atoms with Gasteiger partial charge in [-0.3, -0.25) is 4.90 Å². The Morgan fingerprint density at radius 3 is 2.43 bits per heavy atom. The summed E-state index contributed by atoms with van der Waals surface area (Å²) in [6, 6.07) is 1.15. The van der Waals surface area contributed by atoms with Crippen LogP contribution in [-0.4, -0.2) is 40.6 Å². The minimum atomic E-state index is -0.0759. The van der Waals surface area contributed by atoms with Gasteiger partial charge >= 0.3 is 0 Å². The highest BCUT2D eigenvalue weighted by atomic mass is 35.5. The molecule has 0 aromatic rings. The Morgan fingerprint density at radius 2 is 1.93 bits per heavy atom. The first-order valence-corrected chi connectivity index (χ1v) is 5.90. The molecule has 2 heterocycles. The van der Waals surface area contributed by atoms with E-state index in [2.05, 4.69) is 11.5 Å². The molecule has 2 fully saturated rings. The highest BCUT2D eigenvalue weighted by Gasteiger charge is 2.39. The Morgan fingerprint density at radius 1 is 1.36 bits per heavy atom. The second-order valence-electron chi connectivity index (χ2n) is 4.57. The van der Waals surface area contributed by atoms with Crippen molar-refractivity contribution in [2.45, 2.75) is 43.9 Å². The van der Waals surface area contributed by atoms with E-state index >= 15 is 0 Å². The first-order chi connectivity index (χ1) is 6.70. The third-order valence-corrected chi connectivity index (χ3v) is 3.83. The van der Waals surface area contributed by atoms with E-state index < -0.39 is 0 Å². The molecule has 3 heteroatoms. The second kappa shape index (κ2) is 4.21. The number of hydrogen-bond acceptors (Lipinski definition) is 2. The van der Waals surface area contributed by atoms with Crippen molar-refractivity contribution >= 4 is 11.6 Å². The summed E-state index contributed by atoms with van der Waals surface area (Å²) < 4.78 is 0. The van der Waals surface area contributed by atoms with E-state index in [1.165, 1.54) is 12.8 Å². The van der Waals surface area contributed by atoms with Crippen LogP contribution in [0, 0.1) is 0 Å². The molecule has 0 aromatic heterocycles. The maximum absolute atomic E-state index is 9.62. The zero-order chi connectivity index (χ0) is 10.1. The van der Waals surface area contributed by atoms with Crippen LogP contribution in [0.4, 0.5) is 0 Å². The fourth-order valence-electron chi connectivity index (χ4n) is 2.80. The number of aliphatic hydroxyl groups is 1. The molecule has 80 valence electrons. The molecule has 2 nitrogen and oxygen atoms in total. The lowest BCUT2D eigenvalue weighted by atomic mass is 9.99. The van der Waals surface area contributed by atoms with Crippen LogP contribution in [0.2, 0.25) is 0 Å². The van der Waals surface area contributed by atoms with E-state index in [4.69, 9.17) is 11.6 Å². The highest BCUT2D eigenvalue weighted by molar-refractivity contribution is 6.19. The average Bonchev–Trinajstić information content (AvgIpc) is 2.41. The lowest BCUT2D eigenvalue weighted by Crippen LogP contribution is -2.45. The quantitative estimate of drug-likeness (QED) is 0.573. The third kappa shape index (κ3) is 1.97. The van der Waals surface area contributed by atoms with Gasteiger partial charge < -0.3 is 5.11 Å². The molecule has 2 aliphatic rings. The summed E-state index contributed by atoms with van der Waals surface area (Å²) in [5, 5.41) is 9.62. The van der Waals surface area contributed by atoms with Crippen LogP contribution in [0.25, 0.3) is 0 Å². The number of aliphatic hydroxyl groups excluding tert-OH is 1. The zero-order valence-electron chi connectivity index (χ0n) is 8.45. The SMILES string of the molecule is C=C(CCl)CN1C2CCC1CC(O)C2. The van der Waals surface area contributed by atoms with Gasteiger partial charge in [-0.1, -0.05) is 6.58 Å². The summed E-state index contributed by atoms with van der Waals surface area (Å²) in [6.07, 6.45) is 4.26. The van der Waals surface area contributed by atoms with Crippen molar-refractivity contribution in [3.05, 3.63) is 12.2 Å². The average molecular weight is 216 g/mol. The standard InChI is InChI=1S/C11H18ClNO/c1-8(6-12)7-13-9-2-3-10(13)5-11(14)4-9/h9-11,14H,1-7H2. The minimum absolute atomic E-state index is 0.0759. The molecule has 2 atom stereocenters. The topological polar surface area (TPSA) is 23.5 Å². The van der Waals surface area contributed by atoms with E-state index in [0.717, 1.165) is 25.0 Å². The maximum Gasteiger partial charge on any atom is 0.0570 e. The summed E-state index contributed by atoms with van der Waals surface area (Å²) in [5.41, 5.74) is 1.10. The zero-order valence-corrected chi connectivity index (χ0v) is 9.21. The molecular formula is C11H18ClNO. The van der Waals surface area contributed by atoms with Crippen molar-refractivity contribution in [1.29, 1.82) is 0 Å². The molecule has 2 bridgehead atoms. The molecule has 2 rings (SSSR count). The van der Waals surface area contributed by atoms with Gasteiger partial charge in [0, 0.05) is 24.5 Å². The normalized spacial score (nSPS) is 37.4. The number of rotatable bonds is 3. The fourth-order valence-corrected chi connectivity index (χ4v) is 2.89. The van der Waals surface area contributed by atoms with E-state index in [1.807, 2.05) is 0 Å². The molecule has 0 saturated carbocycles. The van der Waals surface area contributed by atoms with Gasteiger partial charge in [0.25, 0.3) is 0 Å². The smallest absolute Gasteiger partial charge is 0.0570 e. The molecule has 0 spiro atoms. The molecule has 0 aromatic carbocycles. The number of piperidine rings is 1. The van der Waals surface area contributed by atoms with Gasteiger partial charge in [0.15, 0.2) is 0 Å². The fraction of sp³-hybridized carbons (Fsp3) is 0.818. The van der Waals surface area contributed by atoms with Crippen LogP contribution < -0.4 is 0 Å². The Kier molecular flexibility index (Phi) is 3.15. The number of hydrogen-bond donors (Lipinski definition) is 1. The second-order valence-corrected chi connectivity index (χ2v) is 4.83. The lowest BCUT2D eigenvalue weighted by Gasteiger charge is -2.37. The first kappa shape index (κ1) is 10.5. The van der Waals surface area contributed by atoms with Gasteiger partial charge in [0.05, 0.1) is 6.10 Å². The highest BCUT2D eigenvalue weighted by Crippen LogP contribution is 2.35. The molecule has 2 unspecified atom stereocenters. The van der Waals surface area contributed by atoms with Gasteiger partial charge in [-0.15, -0.1) is 11.6 Å². The summed E-state index contributed by atoms with van der Waals surface area (Å²) in [6.45, 7) is 4.87. The number of halogens is 1. The maximum atomic E-state index is 9.62. The molecule has 14 heavy (non-hydrogen) atoms. The van der Waals surface area contributed by atoms with E-state index in [-0.39, 0.29) is 6.10 Å². The van der Waals surface area contributed by atoms with Crippen LogP contribution >= 0.6 is 11.6 Å². The van der Waals surface area contributed by atoms with Crippen molar-refractivity contribution in [2.24, 2.45) is 0 Å². The van der Waals surface area contributed by atoms with Crippen molar-refractivity contribution in [1.82, 2.24) is 4.90 Å². The van der Waals surface area contributed by atoms with Crippen LogP contribution in [0.1, 0.15) is 25.7 Å². The van der Waals surface area contributed by atoms with Gasteiger partial charge in [0.1, 0.15) is 0 Å². The predicted molar refractivity (Wildman–Crippen MR) is 58.6 cm³/mol. The Bertz CT molecular complexity index is 217. The van der Waals surface area contributed by atoms with Crippen molar-refractivity contribution < 1.29 is 5.11 Å². The van der Waals surface area contributed by atoms with Crippen LogP contribution in [0.15, 0.2) is 12.2 Å². The monoisotopic (exact) mass is 215 g/mol. The molecule has 0 amide bonds. The largest absolute Gasteiger partial charge is 0.393 e. The number of nitrogens with zero attached hydrogens (tertiary/aromatic N) is 1. The van der Waals surface area contributed by atoms with E-state index in [9.17, 15) is 5.11 Å². The number of fused-ring (bicyclic) bond motifs is 2. The Hall–Kier alpha value is -0.0500. The summed E-state index contributed by atoms with van der Waals surface area (Å²) >= 11 is 5.74. The number of alkyl halides is 1. The molecule has 2 aliphatic heterocycles. The van der Waals surface area contributed by atoms with Gasteiger partial charge in [-0.05, 0) is 31.3 Å². The molecule has 2 saturated heterocycles. The molecular weight excluding hydrogens is 198 g/mol. The Balaban J connectivity index is 1.97. The third-order valence-electron chi connectivity index (χ3n) is 3.45. The van der Waals surface area contributed by atoms with Gasteiger partial charge in [0.2, 0.25) is 0 Å². The first-order valence-electron chi connectivity index (χ1n) is 5.37. The van der Waals surface area contributed by atoms with Crippen LogP contribution in [0.3, 0.4) is 0 Å². The van der Waals surface area contributed by atoms with Crippen molar-refractivity contribution in [3.63, 3.8) is 0 Å². The van der Waals surface area contributed by atoms with E-state index in [1.54, 1.807) is 0 Å². The Labute approximate surface area is 90.5 Å². The molecule has 0 aliphatic carbocycles. The minimum Gasteiger partial charge on any atom is -0.393 e. The predicted octanol–water partition coefficient (Wildman–Crippen LogP) is 1.77. The molecule has 1 N–H and O–H groups in total. The lowest BCUT2D eigenvalue weighted by molar-refractivity contribution is 0.0409. The summed E-state index contributed by atoms with van der Waals surface area (Å²) in [5.74, 6) is 0.554. The van der Waals surface area contributed by atoms with Gasteiger partial charge in [-0.2, -0.15) is 0 Å². The van der Waals surface area contributed by atoms with Crippen molar-refractivity contribution in [2.75, 3.05) is 12.4 Å². The van der Waals surface area contributed by atoms with Gasteiger partial charge in [-0.25, -0.2) is 0 Å². The van der Waals surface area contributed by atoms with Crippen molar-refractivity contribution in [3.8, 4) is 0 Å². The molecule has 0 radical (unpaired) electrons. The van der Waals surface area contributed by atoms with Crippen LogP contribution in [0.5, 0.6) is 0 Å². The van der Waals surface area contributed by atoms with E-state index in [0.29, 0.717) is 18.0 Å².